The van der Waals surface area contributed by atoms with Crippen LogP contribution in [0.2, 0.25) is 0 Å². The monoisotopic (exact) mass is 320 g/mol. The number of thiophene rings is 1. The minimum atomic E-state index is -4.42. The molecule has 0 aromatic carbocycles. The molecule has 1 unspecified atom stereocenters. The van der Waals surface area contributed by atoms with E-state index in [2.05, 4.69) is 0 Å². The van der Waals surface area contributed by atoms with E-state index in [1.54, 1.807) is 17.5 Å². The first kappa shape index (κ1) is 15.8. The standard InChI is InChI=1S/C13H15F3N2O2S/c14-13(15,16)8-17-11(19)9-3-1-5-18(7-9)12(20)10-4-2-6-21-10/h2,4,6,9H,1,3,5,7-8H2,(H,17,19). The van der Waals surface area contributed by atoms with Gasteiger partial charge in [-0.25, -0.2) is 0 Å². The molecular formula is C13H15F3N2O2S. The highest BCUT2D eigenvalue weighted by Gasteiger charge is 2.32. The third-order valence-electron chi connectivity index (χ3n) is 3.27. The van der Waals surface area contributed by atoms with E-state index in [-0.39, 0.29) is 12.5 Å². The zero-order valence-electron chi connectivity index (χ0n) is 11.2. The molecule has 1 N–H and O–H groups in total. The van der Waals surface area contributed by atoms with Crippen LogP contribution in [-0.4, -0.2) is 42.5 Å². The van der Waals surface area contributed by atoms with E-state index in [1.807, 2.05) is 5.32 Å². The Labute approximate surface area is 123 Å². The number of piperidine rings is 1. The van der Waals surface area contributed by atoms with Crippen molar-refractivity contribution in [2.75, 3.05) is 19.6 Å². The summed E-state index contributed by atoms with van der Waals surface area (Å²) in [4.78, 5) is 26.0. The zero-order valence-corrected chi connectivity index (χ0v) is 12.0. The van der Waals surface area contributed by atoms with Crippen molar-refractivity contribution in [1.29, 1.82) is 0 Å². The molecule has 116 valence electrons. The molecule has 1 fully saturated rings. The molecule has 21 heavy (non-hydrogen) atoms. The van der Waals surface area contributed by atoms with Crippen molar-refractivity contribution in [2.45, 2.75) is 19.0 Å². The number of likely N-dealkylation sites (tertiary alicyclic amines) is 1. The molecule has 2 amide bonds. The van der Waals surface area contributed by atoms with Gasteiger partial charge in [0, 0.05) is 13.1 Å². The van der Waals surface area contributed by atoms with E-state index < -0.39 is 24.5 Å². The smallest absolute Gasteiger partial charge is 0.347 e. The van der Waals surface area contributed by atoms with E-state index in [1.165, 1.54) is 16.2 Å². The van der Waals surface area contributed by atoms with E-state index in [0.29, 0.717) is 24.3 Å². The quantitative estimate of drug-likeness (QED) is 0.929. The Hall–Kier alpha value is -1.57. The first-order valence-corrected chi connectivity index (χ1v) is 7.42. The molecular weight excluding hydrogens is 305 g/mol. The molecule has 0 radical (unpaired) electrons. The summed E-state index contributed by atoms with van der Waals surface area (Å²) in [6.45, 7) is -0.637. The van der Waals surface area contributed by atoms with Gasteiger partial charge in [0.2, 0.25) is 5.91 Å². The van der Waals surface area contributed by atoms with Gasteiger partial charge in [0.05, 0.1) is 10.8 Å². The van der Waals surface area contributed by atoms with Crippen LogP contribution in [0, 0.1) is 5.92 Å². The lowest BCUT2D eigenvalue weighted by Gasteiger charge is -2.31. The molecule has 2 rings (SSSR count). The van der Waals surface area contributed by atoms with Crippen LogP contribution in [0.25, 0.3) is 0 Å². The van der Waals surface area contributed by atoms with E-state index in [9.17, 15) is 22.8 Å². The molecule has 0 saturated carbocycles. The highest BCUT2D eigenvalue weighted by atomic mass is 32.1. The van der Waals surface area contributed by atoms with Gasteiger partial charge in [0.25, 0.3) is 5.91 Å². The maximum atomic E-state index is 12.2. The molecule has 0 aliphatic carbocycles. The van der Waals surface area contributed by atoms with Gasteiger partial charge in [0.1, 0.15) is 6.54 Å². The lowest BCUT2D eigenvalue weighted by Crippen LogP contribution is -2.46. The van der Waals surface area contributed by atoms with Gasteiger partial charge in [-0.3, -0.25) is 9.59 Å². The SMILES string of the molecule is O=C(NCC(F)(F)F)C1CCCN(C(=O)c2cccs2)C1. The van der Waals surface area contributed by atoms with Crippen molar-refractivity contribution in [2.24, 2.45) is 5.92 Å². The number of hydrogen-bond acceptors (Lipinski definition) is 3. The summed E-state index contributed by atoms with van der Waals surface area (Å²) >= 11 is 1.31. The van der Waals surface area contributed by atoms with Crippen LogP contribution in [0.4, 0.5) is 13.2 Å². The second-order valence-electron chi connectivity index (χ2n) is 4.90. The summed E-state index contributed by atoms with van der Waals surface area (Å²) in [6.07, 6.45) is -3.31. The topological polar surface area (TPSA) is 49.4 Å². The van der Waals surface area contributed by atoms with Gasteiger partial charge in [-0.2, -0.15) is 13.2 Å². The molecule has 4 nitrogen and oxygen atoms in total. The van der Waals surface area contributed by atoms with E-state index in [4.69, 9.17) is 0 Å². The molecule has 2 heterocycles. The molecule has 1 aromatic heterocycles. The van der Waals surface area contributed by atoms with Crippen molar-refractivity contribution in [3.8, 4) is 0 Å². The normalized spacial score (nSPS) is 19.4. The predicted octanol–water partition coefficient (Wildman–Crippen LogP) is 2.28. The van der Waals surface area contributed by atoms with Crippen LogP contribution in [-0.2, 0) is 4.79 Å². The summed E-state index contributed by atoms with van der Waals surface area (Å²) in [7, 11) is 0. The zero-order chi connectivity index (χ0) is 15.5. The van der Waals surface area contributed by atoms with Gasteiger partial charge in [-0.1, -0.05) is 6.07 Å². The van der Waals surface area contributed by atoms with Crippen LogP contribution < -0.4 is 5.32 Å². The average Bonchev–Trinajstić information content (AvgIpc) is 2.97. The van der Waals surface area contributed by atoms with Gasteiger partial charge < -0.3 is 10.2 Å². The Morgan fingerprint density at radius 1 is 1.43 bits per heavy atom. The maximum absolute atomic E-state index is 12.2. The number of carbonyl (C=O) groups excluding carboxylic acids is 2. The van der Waals surface area contributed by atoms with Crippen LogP contribution in [0.1, 0.15) is 22.5 Å². The van der Waals surface area contributed by atoms with Crippen molar-refractivity contribution in [3.63, 3.8) is 0 Å². The minimum absolute atomic E-state index is 0.167. The number of nitrogens with zero attached hydrogens (tertiary/aromatic N) is 1. The number of alkyl halides is 3. The second-order valence-corrected chi connectivity index (χ2v) is 5.85. The Bertz CT molecular complexity index is 502. The number of carbonyl (C=O) groups is 2. The van der Waals surface area contributed by atoms with Crippen molar-refractivity contribution in [1.82, 2.24) is 10.2 Å². The number of halogens is 3. The van der Waals surface area contributed by atoms with Crippen molar-refractivity contribution in [3.05, 3.63) is 22.4 Å². The van der Waals surface area contributed by atoms with Crippen LogP contribution in [0.3, 0.4) is 0 Å². The maximum Gasteiger partial charge on any atom is 0.405 e. The summed E-state index contributed by atoms with van der Waals surface area (Å²) in [6, 6.07) is 3.45. The summed E-state index contributed by atoms with van der Waals surface area (Å²) < 4.78 is 36.3. The third kappa shape index (κ3) is 4.45. The minimum Gasteiger partial charge on any atom is -0.347 e. The first-order chi connectivity index (χ1) is 9.87. The average molecular weight is 320 g/mol. The molecule has 1 aliphatic heterocycles. The molecule has 1 atom stereocenters. The molecule has 1 aliphatic rings. The molecule has 1 aromatic rings. The van der Waals surface area contributed by atoms with Gasteiger partial charge >= 0.3 is 6.18 Å². The van der Waals surface area contributed by atoms with Crippen LogP contribution >= 0.6 is 11.3 Å². The van der Waals surface area contributed by atoms with Gasteiger partial charge in [-0.15, -0.1) is 11.3 Å². The number of nitrogens with one attached hydrogen (secondary N) is 1. The van der Waals surface area contributed by atoms with Gasteiger partial charge in [0.15, 0.2) is 0 Å². The lowest BCUT2D eigenvalue weighted by molar-refractivity contribution is -0.141. The van der Waals surface area contributed by atoms with Crippen LogP contribution in [0.15, 0.2) is 17.5 Å². The largest absolute Gasteiger partial charge is 0.405 e. The lowest BCUT2D eigenvalue weighted by atomic mass is 9.97. The van der Waals surface area contributed by atoms with E-state index in [0.717, 1.165) is 0 Å². The highest BCUT2D eigenvalue weighted by molar-refractivity contribution is 7.12. The Balaban J connectivity index is 1.91. The highest BCUT2D eigenvalue weighted by Crippen LogP contribution is 2.21. The van der Waals surface area contributed by atoms with E-state index >= 15 is 0 Å². The second kappa shape index (κ2) is 6.46. The molecule has 1 saturated heterocycles. The fraction of sp³-hybridized carbons (Fsp3) is 0.538. The fourth-order valence-electron chi connectivity index (χ4n) is 2.26. The summed E-state index contributed by atoms with van der Waals surface area (Å²) in [5.74, 6) is -1.39. The van der Waals surface area contributed by atoms with Crippen molar-refractivity contribution >= 4 is 23.2 Å². The molecule has 0 spiro atoms. The first-order valence-electron chi connectivity index (χ1n) is 6.54. The fourth-order valence-corrected chi connectivity index (χ4v) is 2.95. The molecule has 0 bridgehead atoms. The number of rotatable bonds is 3. The number of amides is 2. The predicted molar refractivity (Wildman–Crippen MR) is 72.0 cm³/mol. The molecule has 8 heteroatoms. The Morgan fingerprint density at radius 2 is 2.19 bits per heavy atom. The summed E-state index contributed by atoms with van der Waals surface area (Å²) in [5.41, 5.74) is 0. The number of hydrogen-bond donors (Lipinski definition) is 1. The third-order valence-corrected chi connectivity index (χ3v) is 4.13. The summed E-state index contributed by atoms with van der Waals surface area (Å²) in [5, 5.41) is 3.67. The Kier molecular flexibility index (Phi) is 4.87. The van der Waals surface area contributed by atoms with Crippen LogP contribution in [0.5, 0.6) is 0 Å². The van der Waals surface area contributed by atoms with Crippen molar-refractivity contribution < 1.29 is 22.8 Å². The van der Waals surface area contributed by atoms with Gasteiger partial charge in [-0.05, 0) is 24.3 Å². The Morgan fingerprint density at radius 3 is 2.81 bits per heavy atom.